The van der Waals surface area contributed by atoms with E-state index in [2.05, 4.69) is 9.80 Å². The number of carboxylic acids is 1. The first kappa shape index (κ1) is 32.2. The number of nitrogens with zero attached hydrogens (tertiary/aromatic N) is 3. The lowest BCUT2D eigenvalue weighted by Crippen LogP contribution is -2.43. The van der Waals surface area contributed by atoms with Crippen LogP contribution in [0.25, 0.3) is 22.2 Å². The Morgan fingerprint density at radius 2 is 1.77 bits per heavy atom. The molecule has 3 heterocycles. The van der Waals surface area contributed by atoms with Gasteiger partial charge < -0.3 is 14.7 Å². The molecule has 8 nitrogen and oxygen atoms in total. The van der Waals surface area contributed by atoms with Gasteiger partial charge in [0.15, 0.2) is 9.84 Å². The topological polar surface area (TPSA) is 100 Å². The van der Waals surface area contributed by atoms with E-state index in [1.165, 1.54) is 51.0 Å². The predicted octanol–water partition coefficient (Wildman–Crippen LogP) is 6.26. The molecule has 2 fully saturated rings. The van der Waals surface area contributed by atoms with Crippen LogP contribution in [0.15, 0.2) is 41.3 Å². The molecule has 0 spiro atoms. The molecule has 2 aromatic carbocycles. The van der Waals surface area contributed by atoms with E-state index in [-0.39, 0.29) is 57.1 Å². The molecule has 0 bridgehead atoms. The molecule has 0 saturated carbocycles. The summed E-state index contributed by atoms with van der Waals surface area (Å²) in [5, 5.41) is 9.89. The van der Waals surface area contributed by atoms with Gasteiger partial charge in [0.25, 0.3) is 0 Å². The van der Waals surface area contributed by atoms with Crippen LogP contribution < -0.4 is 4.74 Å². The number of fused-ring (bicyclic) bond motifs is 1. The van der Waals surface area contributed by atoms with Gasteiger partial charge in [0, 0.05) is 35.2 Å². The lowest BCUT2D eigenvalue weighted by Gasteiger charge is -2.37. The van der Waals surface area contributed by atoms with E-state index in [0.29, 0.717) is 19.1 Å². The number of alkyl halides is 3. The van der Waals surface area contributed by atoms with Crippen molar-refractivity contribution in [2.75, 3.05) is 32.8 Å². The van der Waals surface area contributed by atoms with Crippen LogP contribution in [0.5, 0.6) is 5.75 Å². The van der Waals surface area contributed by atoms with Crippen LogP contribution in [0.3, 0.4) is 0 Å². The van der Waals surface area contributed by atoms with Gasteiger partial charge in [0.05, 0.1) is 34.2 Å². The number of carbonyl (C=O) groups is 1. The molecule has 0 radical (unpaired) electrons. The third kappa shape index (κ3) is 6.43. The largest absolute Gasteiger partial charge is 0.492 e. The van der Waals surface area contributed by atoms with Gasteiger partial charge in [-0.1, -0.05) is 12.1 Å². The average Bonchev–Trinajstić information content (AvgIpc) is 3.51. The number of piperidine rings is 1. The van der Waals surface area contributed by atoms with Gasteiger partial charge in [0.1, 0.15) is 10.6 Å². The quantitative estimate of drug-likeness (QED) is 0.295. The minimum Gasteiger partial charge on any atom is -0.492 e. The van der Waals surface area contributed by atoms with Crippen LogP contribution in [0.4, 0.5) is 13.2 Å². The number of hydrogen-bond acceptors (Lipinski definition) is 7. The zero-order chi connectivity index (χ0) is 31.8. The number of halogens is 3. The van der Waals surface area contributed by atoms with Gasteiger partial charge in [-0.05, 0) is 90.8 Å². The fourth-order valence-corrected chi connectivity index (χ4v) is 7.50. The Morgan fingerprint density at radius 1 is 1.09 bits per heavy atom. The summed E-state index contributed by atoms with van der Waals surface area (Å²) in [5.74, 6) is -1.30. The van der Waals surface area contributed by atoms with E-state index in [1.807, 2.05) is 0 Å². The highest BCUT2D eigenvalue weighted by Crippen LogP contribution is 2.39. The second-order valence-corrected chi connectivity index (χ2v) is 14.3. The molecule has 238 valence electrons. The molecule has 0 unspecified atom stereocenters. The van der Waals surface area contributed by atoms with Crippen LogP contribution in [0, 0.1) is 0 Å². The van der Waals surface area contributed by atoms with Gasteiger partial charge in [-0.2, -0.15) is 13.2 Å². The molecule has 2 aliphatic heterocycles. The SMILES string of the molecule is CCOc1cc2nc(-c3cccc(C(F)(F)F)c3)c(CN3CCC(N4CCCC4)CC3)c(C(=O)O)c2cc1S(=O)(=O)C(C)C. The molecule has 2 aliphatic rings. The first-order valence-electron chi connectivity index (χ1n) is 15.1. The zero-order valence-electron chi connectivity index (χ0n) is 25.2. The van der Waals surface area contributed by atoms with E-state index in [1.54, 1.807) is 6.92 Å². The second kappa shape index (κ2) is 12.6. The number of aromatic carboxylic acids is 1. The highest BCUT2D eigenvalue weighted by molar-refractivity contribution is 7.92. The summed E-state index contributed by atoms with van der Waals surface area (Å²) in [7, 11) is -3.89. The maximum atomic E-state index is 13.7. The predicted molar refractivity (Wildman–Crippen MR) is 162 cm³/mol. The summed E-state index contributed by atoms with van der Waals surface area (Å²) in [6, 6.07) is 7.82. The highest BCUT2D eigenvalue weighted by Gasteiger charge is 2.33. The van der Waals surface area contributed by atoms with E-state index in [4.69, 9.17) is 9.72 Å². The first-order valence-corrected chi connectivity index (χ1v) is 16.6. The molecule has 3 aromatic rings. The normalized spacial score (nSPS) is 17.5. The Hall–Kier alpha value is -3.22. The third-order valence-electron chi connectivity index (χ3n) is 8.65. The second-order valence-electron chi connectivity index (χ2n) is 11.8. The first-order chi connectivity index (χ1) is 20.8. The number of carboxylic acid groups (broad SMARTS) is 1. The number of ether oxygens (including phenoxy) is 1. The van der Waals surface area contributed by atoms with Crippen molar-refractivity contribution in [3.05, 3.63) is 53.1 Å². The molecule has 1 aromatic heterocycles. The number of benzene rings is 2. The smallest absolute Gasteiger partial charge is 0.416 e. The van der Waals surface area contributed by atoms with Crippen LogP contribution in [0.1, 0.15) is 67.9 Å². The summed E-state index contributed by atoms with van der Waals surface area (Å²) in [4.78, 5) is 22.2. The summed E-state index contributed by atoms with van der Waals surface area (Å²) >= 11 is 0. The number of pyridine rings is 1. The Morgan fingerprint density at radius 3 is 2.36 bits per heavy atom. The van der Waals surface area contributed by atoms with Crippen LogP contribution in [-0.2, 0) is 22.6 Å². The van der Waals surface area contributed by atoms with Gasteiger partial charge in [0.2, 0.25) is 0 Å². The van der Waals surface area contributed by atoms with Crippen LogP contribution in [-0.4, -0.2) is 78.4 Å². The molecular formula is C32H38F3N3O5S. The molecule has 44 heavy (non-hydrogen) atoms. The Labute approximate surface area is 255 Å². The maximum absolute atomic E-state index is 13.7. The van der Waals surface area contributed by atoms with Crippen LogP contribution >= 0.6 is 0 Å². The maximum Gasteiger partial charge on any atom is 0.416 e. The zero-order valence-corrected chi connectivity index (χ0v) is 26.0. The van der Waals surface area contributed by atoms with Gasteiger partial charge in [-0.25, -0.2) is 18.2 Å². The van der Waals surface area contributed by atoms with Crippen molar-refractivity contribution in [1.82, 2.24) is 14.8 Å². The van der Waals surface area contributed by atoms with Crippen molar-refractivity contribution in [2.24, 2.45) is 0 Å². The van der Waals surface area contributed by atoms with Crippen molar-refractivity contribution in [1.29, 1.82) is 0 Å². The highest BCUT2D eigenvalue weighted by atomic mass is 32.2. The molecule has 1 N–H and O–H groups in total. The lowest BCUT2D eigenvalue weighted by atomic mass is 9.94. The molecule has 0 aliphatic carbocycles. The number of hydrogen-bond donors (Lipinski definition) is 1. The third-order valence-corrected chi connectivity index (χ3v) is 10.8. The fraction of sp³-hybridized carbons (Fsp3) is 0.500. The summed E-state index contributed by atoms with van der Waals surface area (Å²) in [6.07, 6.45) is -0.439. The van der Waals surface area contributed by atoms with Gasteiger partial charge in [-0.15, -0.1) is 0 Å². The molecule has 0 atom stereocenters. The van der Waals surface area contributed by atoms with E-state index >= 15 is 0 Å². The minimum absolute atomic E-state index is 0.0178. The Balaban J connectivity index is 1.70. The minimum atomic E-state index is -4.61. The van der Waals surface area contributed by atoms with Crippen molar-refractivity contribution in [3.8, 4) is 17.0 Å². The monoisotopic (exact) mass is 633 g/mol. The van der Waals surface area contributed by atoms with E-state index in [9.17, 15) is 31.5 Å². The number of likely N-dealkylation sites (tertiary alicyclic amines) is 2. The van der Waals surface area contributed by atoms with Crippen LogP contribution in [0.2, 0.25) is 0 Å². The molecule has 0 amide bonds. The molecular weight excluding hydrogens is 595 g/mol. The Kier molecular flexibility index (Phi) is 9.25. The van der Waals surface area contributed by atoms with Crippen molar-refractivity contribution >= 4 is 26.7 Å². The Bertz CT molecular complexity index is 1650. The lowest BCUT2D eigenvalue weighted by molar-refractivity contribution is -0.137. The fourth-order valence-electron chi connectivity index (χ4n) is 6.31. The molecule has 2 saturated heterocycles. The van der Waals surface area contributed by atoms with E-state index < -0.39 is 32.8 Å². The van der Waals surface area contributed by atoms with Gasteiger partial charge in [-0.3, -0.25) is 4.90 Å². The van der Waals surface area contributed by atoms with E-state index in [0.717, 1.165) is 38.1 Å². The summed E-state index contributed by atoms with van der Waals surface area (Å²) in [5.41, 5.74) is -0.432. The summed E-state index contributed by atoms with van der Waals surface area (Å²) < 4.78 is 73.6. The number of sulfone groups is 1. The molecule has 12 heteroatoms. The average molecular weight is 634 g/mol. The molecule has 5 rings (SSSR count). The standard InChI is InChI=1S/C32H38F3N3O5S/c1-4-43-27-18-26-24(17-28(27)44(41,42)20(2)3)29(31(39)40)25(19-37-14-10-23(11-15-37)38-12-5-6-13-38)30(36-26)21-8-7-9-22(16-21)32(33,34)35/h7-9,16-18,20,23H,4-6,10-15,19H2,1-3H3,(H,39,40). The van der Waals surface area contributed by atoms with Crippen molar-refractivity contribution in [2.45, 2.75) is 75.4 Å². The summed E-state index contributed by atoms with van der Waals surface area (Å²) in [6.45, 7) is 8.56. The van der Waals surface area contributed by atoms with Crippen molar-refractivity contribution in [3.63, 3.8) is 0 Å². The van der Waals surface area contributed by atoms with Gasteiger partial charge >= 0.3 is 12.1 Å². The number of rotatable bonds is 9. The number of aromatic nitrogens is 1. The van der Waals surface area contributed by atoms with Crippen molar-refractivity contribution < 1.29 is 36.2 Å².